The van der Waals surface area contributed by atoms with Gasteiger partial charge in [0.1, 0.15) is 0 Å². The second-order valence-electron chi connectivity index (χ2n) is 9.60. The smallest absolute Gasteiger partial charge is 0.309 e. The molecule has 1 fully saturated rings. The lowest BCUT2D eigenvalue weighted by Gasteiger charge is -2.31. The van der Waals surface area contributed by atoms with Gasteiger partial charge in [-0.15, -0.1) is 0 Å². The van der Waals surface area contributed by atoms with Crippen LogP contribution in [0.5, 0.6) is 0 Å². The Balaban J connectivity index is 1.68. The largest absolute Gasteiger partial charge is 0.469 e. The van der Waals surface area contributed by atoms with E-state index >= 15 is 0 Å². The molecule has 0 saturated heterocycles. The maximum absolute atomic E-state index is 12.7. The summed E-state index contributed by atoms with van der Waals surface area (Å²) in [6.45, 7) is 5.68. The topological polar surface area (TPSA) is 60.4 Å². The lowest BCUT2D eigenvalue weighted by molar-refractivity contribution is -0.139. The minimum Gasteiger partial charge on any atom is -0.469 e. The van der Waals surface area contributed by atoms with Crippen LogP contribution >= 0.6 is 0 Å². The fourth-order valence-corrected chi connectivity index (χ4v) is 6.18. The Labute approximate surface area is 183 Å². The third-order valence-corrected chi connectivity index (χ3v) is 9.89. The van der Waals surface area contributed by atoms with E-state index in [2.05, 4.69) is 12.1 Å². The molecule has 2 rings (SSSR count). The number of aryl methyl sites for hydroxylation is 1. The molecule has 4 nitrogen and oxygen atoms in total. The zero-order valence-corrected chi connectivity index (χ0v) is 20.1. The van der Waals surface area contributed by atoms with Crippen molar-refractivity contribution < 1.29 is 17.9 Å². The van der Waals surface area contributed by atoms with Crippen LogP contribution in [0.15, 0.2) is 24.3 Å². The second-order valence-corrected chi connectivity index (χ2v) is 12.3. The number of carbonyl (C=O) groups excluding carboxylic acids is 1. The average molecular weight is 437 g/mol. The van der Waals surface area contributed by atoms with Crippen molar-refractivity contribution >= 4 is 15.8 Å². The Bertz CT molecular complexity index is 774. The van der Waals surface area contributed by atoms with E-state index in [9.17, 15) is 13.2 Å². The van der Waals surface area contributed by atoms with E-state index in [1.165, 1.54) is 38.4 Å². The number of carbonyl (C=O) groups is 1. The molecule has 0 heterocycles. The first-order valence-electron chi connectivity index (χ1n) is 11.5. The Kier molecular flexibility index (Phi) is 9.39. The van der Waals surface area contributed by atoms with Gasteiger partial charge in [0.25, 0.3) is 0 Å². The van der Waals surface area contributed by atoms with E-state index in [0.29, 0.717) is 24.5 Å². The molecule has 0 amide bonds. The van der Waals surface area contributed by atoms with Crippen LogP contribution in [0.25, 0.3) is 0 Å². The van der Waals surface area contributed by atoms with Gasteiger partial charge in [-0.1, -0.05) is 56.9 Å². The number of hydrogen-bond donors (Lipinski definition) is 0. The molecule has 5 heteroatoms. The van der Waals surface area contributed by atoms with Crippen LogP contribution in [-0.2, 0) is 32.2 Å². The Morgan fingerprint density at radius 3 is 2.33 bits per heavy atom. The molecular formula is C25H40O4S. The Morgan fingerprint density at radius 2 is 1.70 bits per heavy atom. The van der Waals surface area contributed by atoms with E-state index in [4.69, 9.17) is 4.74 Å². The van der Waals surface area contributed by atoms with Gasteiger partial charge in [-0.05, 0) is 68.9 Å². The summed E-state index contributed by atoms with van der Waals surface area (Å²) in [7, 11) is -1.60. The lowest BCUT2D eigenvalue weighted by Crippen LogP contribution is -2.36. The average Bonchev–Trinajstić information content (AvgIpc) is 2.72. The number of methoxy groups -OCH3 is 1. The molecule has 0 aromatic heterocycles. The fourth-order valence-electron chi connectivity index (χ4n) is 4.34. The summed E-state index contributed by atoms with van der Waals surface area (Å²) in [6.07, 6.45) is 10.1. The highest BCUT2D eigenvalue weighted by atomic mass is 32.2. The molecule has 1 aromatic rings. The van der Waals surface area contributed by atoms with Gasteiger partial charge >= 0.3 is 5.97 Å². The molecule has 0 atom stereocenters. The van der Waals surface area contributed by atoms with E-state index in [-0.39, 0.29) is 5.97 Å². The van der Waals surface area contributed by atoms with Crippen LogP contribution in [0, 0.1) is 11.8 Å². The van der Waals surface area contributed by atoms with Crippen molar-refractivity contribution in [2.24, 2.45) is 11.8 Å². The highest BCUT2D eigenvalue weighted by Gasteiger charge is 2.35. The standard InChI is InChI=1S/C25H40O4S/c1-5-25(2,3)30(27,28)19-22-15-13-20(14-16-22)9-6-7-10-21-11-8-12-23(17-21)18-24(26)29-4/h8,11-12,17,20,22H,5-7,9-10,13-16,18-19H2,1-4H3. The number of ether oxygens (including phenoxy) is 1. The van der Waals surface area contributed by atoms with Gasteiger partial charge in [-0.3, -0.25) is 4.79 Å². The molecular weight excluding hydrogens is 396 g/mol. The zero-order chi connectivity index (χ0) is 22.2. The Morgan fingerprint density at radius 1 is 1.07 bits per heavy atom. The second kappa shape index (κ2) is 11.3. The normalized spacial score (nSPS) is 20.1. The highest BCUT2D eigenvalue weighted by molar-refractivity contribution is 7.92. The number of rotatable bonds is 11. The van der Waals surface area contributed by atoms with E-state index in [0.717, 1.165) is 37.2 Å². The van der Waals surface area contributed by atoms with E-state index in [1.807, 2.05) is 32.9 Å². The molecule has 0 aliphatic heterocycles. The summed E-state index contributed by atoms with van der Waals surface area (Å²) < 4.78 is 29.5. The molecule has 1 aliphatic carbocycles. The van der Waals surface area contributed by atoms with Gasteiger partial charge < -0.3 is 4.74 Å². The summed E-state index contributed by atoms with van der Waals surface area (Å²) in [5.74, 6) is 1.25. The van der Waals surface area contributed by atoms with Gasteiger partial charge in [0.15, 0.2) is 9.84 Å². The number of esters is 1. The zero-order valence-electron chi connectivity index (χ0n) is 19.3. The van der Waals surface area contributed by atoms with Crippen LogP contribution in [0.1, 0.15) is 83.3 Å². The molecule has 0 spiro atoms. The number of benzene rings is 1. The molecule has 0 bridgehead atoms. The number of hydrogen-bond acceptors (Lipinski definition) is 4. The van der Waals surface area contributed by atoms with Crippen molar-refractivity contribution in [1.82, 2.24) is 0 Å². The molecule has 0 N–H and O–H groups in total. The predicted molar refractivity (Wildman–Crippen MR) is 123 cm³/mol. The third kappa shape index (κ3) is 7.40. The van der Waals surface area contributed by atoms with Crippen LogP contribution in [0.2, 0.25) is 0 Å². The van der Waals surface area contributed by atoms with Crippen LogP contribution < -0.4 is 0 Å². The number of sulfone groups is 1. The van der Waals surface area contributed by atoms with Gasteiger partial charge in [-0.25, -0.2) is 8.42 Å². The summed E-state index contributed by atoms with van der Waals surface area (Å²) in [4.78, 5) is 11.4. The van der Waals surface area contributed by atoms with E-state index in [1.54, 1.807) is 0 Å². The SMILES string of the molecule is CCC(C)(C)S(=O)(=O)CC1CCC(CCCCc2cccc(CC(=O)OC)c2)CC1. The molecule has 0 unspecified atom stereocenters. The first-order valence-corrected chi connectivity index (χ1v) is 13.2. The van der Waals surface area contributed by atoms with Gasteiger partial charge in [0.05, 0.1) is 24.0 Å². The summed E-state index contributed by atoms with van der Waals surface area (Å²) >= 11 is 0. The molecule has 30 heavy (non-hydrogen) atoms. The minimum absolute atomic E-state index is 0.200. The molecule has 170 valence electrons. The van der Waals surface area contributed by atoms with E-state index < -0.39 is 14.6 Å². The molecule has 0 radical (unpaired) electrons. The highest BCUT2D eigenvalue weighted by Crippen LogP contribution is 2.35. The van der Waals surface area contributed by atoms with Gasteiger partial charge in [0.2, 0.25) is 0 Å². The fraction of sp³-hybridized carbons (Fsp3) is 0.720. The van der Waals surface area contributed by atoms with Gasteiger partial charge in [0, 0.05) is 0 Å². The molecule has 1 aliphatic rings. The lowest BCUT2D eigenvalue weighted by atomic mass is 9.80. The van der Waals surface area contributed by atoms with Crippen molar-refractivity contribution in [3.05, 3.63) is 35.4 Å². The maximum atomic E-state index is 12.7. The molecule has 1 aromatic carbocycles. The van der Waals surface area contributed by atoms with Crippen LogP contribution in [0.4, 0.5) is 0 Å². The first-order chi connectivity index (χ1) is 14.2. The minimum atomic E-state index is -3.02. The number of unbranched alkanes of at least 4 members (excludes halogenated alkanes) is 1. The van der Waals surface area contributed by atoms with Crippen LogP contribution in [-0.4, -0.2) is 32.0 Å². The van der Waals surface area contributed by atoms with Crippen molar-refractivity contribution in [1.29, 1.82) is 0 Å². The van der Waals surface area contributed by atoms with Crippen molar-refractivity contribution in [2.75, 3.05) is 12.9 Å². The maximum Gasteiger partial charge on any atom is 0.309 e. The monoisotopic (exact) mass is 436 g/mol. The van der Waals surface area contributed by atoms with Crippen molar-refractivity contribution in [3.63, 3.8) is 0 Å². The first kappa shape index (κ1) is 24.9. The molecule has 1 saturated carbocycles. The predicted octanol–water partition coefficient (Wildman–Crippen LogP) is 5.52. The van der Waals surface area contributed by atoms with Crippen molar-refractivity contribution in [3.8, 4) is 0 Å². The quantitative estimate of drug-likeness (QED) is 0.338. The van der Waals surface area contributed by atoms with Gasteiger partial charge in [-0.2, -0.15) is 0 Å². The Hall–Kier alpha value is -1.36. The summed E-state index contributed by atoms with van der Waals surface area (Å²) in [6, 6.07) is 8.23. The summed E-state index contributed by atoms with van der Waals surface area (Å²) in [5, 5.41) is 0. The summed E-state index contributed by atoms with van der Waals surface area (Å²) in [5.41, 5.74) is 2.29. The third-order valence-electron chi connectivity index (χ3n) is 7.01. The van der Waals surface area contributed by atoms with Crippen LogP contribution in [0.3, 0.4) is 0 Å². The van der Waals surface area contributed by atoms with Crippen molar-refractivity contribution in [2.45, 2.75) is 89.7 Å².